The van der Waals surface area contributed by atoms with Gasteiger partial charge in [0.15, 0.2) is 11.5 Å². The number of rotatable bonds is 9. The fourth-order valence-corrected chi connectivity index (χ4v) is 7.27. The maximum atomic E-state index is 14.3. The van der Waals surface area contributed by atoms with E-state index < -0.39 is 17.6 Å². The molecule has 4 rings (SSSR count). The minimum absolute atomic E-state index is 0.166. The molecule has 200 valence electrons. The molecule has 0 amide bonds. The largest absolute Gasteiger partial charge is 0.491 e. The van der Waals surface area contributed by atoms with Crippen molar-refractivity contribution in [2.45, 2.75) is 96.8 Å². The maximum absolute atomic E-state index is 14.3. The minimum Gasteiger partial charge on any atom is -0.491 e. The van der Waals surface area contributed by atoms with Crippen LogP contribution in [0.3, 0.4) is 0 Å². The van der Waals surface area contributed by atoms with E-state index in [1.54, 1.807) is 6.92 Å². The second-order valence-electron chi connectivity index (χ2n) is 11.5. The van der Waals surface area contributed by atoms with Crippen LogP contribution in [0.2, 0.25) is 0 Å². The van der Waals surface area contributed by atoms with E-state index >= 15 is 0 Å². The molecule has 3 saturated carbocycles. The summed E-state index contributed by atoms with van der Waals surface area (Å²) in [5.74, 6) is 0.767. The van der Waals surface area contributed by atoms with Crippen LogP contribution in [-0.2, 0) is 4.79 Å². The molecule has 0 aromatic heterocycles. The molecule has 0 spiro atoms. The van der Waals surface area contributed by atoms with Crippen molar-refractivity contribution >= 4 is 5.97 Å². The average molecular weight is 503 g/mol. The Morgan fingerprint density at radius 3 is 1.83 bits per heavy atom. The molecular formula is C31H44F2O3. The lowest BCUT2D eigenvalue weighted by atomic mass is 9.65. The van der Waals surface area contributed by atoms with Gasteiger partial charge in [0.2, 0.25) is 11.6 Å². The third kappa shape index (κ3) is 6.69. The summed E-state index contributed by atoms with van der Waals surface area (Å²) in [5, 5.41) is 0. The van der Waals surface area contributed by atoms with Crippen molar-refractivity contribution in [3.05, 3.63) is 36.4 Å². The van der Waals surface area contributed by atoms with Gasteiger partial charge in [-0.05, 0) is 126 Å². The molecule has 3 nitrogen and oxygen atoms in total. The van der Waals surface area contributed by atoms with E-state index in [9.17, 15) is 13.6 Å². The summed E-state index contributed by atoms with van der Waals surface area (Å²) < 4.78 is 38.8. The molecule has 0 atom stereocenters. The number of hydrogen-bond acceptors (Lipinski definition) is 3. The monoisotopic (exact) mass is 502 g/mol. The van der Waals surface area contributed by atoms with E-state index in [2.05, 4.69) is 12.7 Å². The highest BCUT2D eigenvalue weighted by Crippen LogP contribution is 2.46. The van der Waals surface area contributed by atoms with E-state index in [-0.39, 0.29) is 24.0 Å². The normalized spacial score (nSPS) is 31.0. The van der Waals surface area contributed by atoms with Gasteiger partial charge in [-0.15, -0.1) is 6.58 Å². The molecule has 36 heavy (non-hydrogen) atoms. The third-order valence-corrected chi connectivity index (χ3v) is 9.45. The van der Waals surface area contributed by atoms with Crippen molar-refractivity contribution in [2.24, 2.45) is 35.5 Å². The number of hydrogen-bond donors (Lipinski definition) is 0. The van der Waals surface area contributed by atoms with Crippen molar-refractivity contribution in [1.29, 1.82) is 0 Å². The van der Waals surface area contributed by atoms with E-state index in [0.717, 1.165) is 55.8 Å². The Labute approximate surface area is 216 Å². The zero-order valence-corrected chi connectivity index (χ0v) is 22.0. The zero-order chi connectivity index (χ0) is 25.5. The Morgan fingerprint density at radius 2 is 1.31 bits per heavy atom. The van der Waals surface area contributed by atoms with Gasteiger partial charge in [0, 0.05) is 0 Å². The molecule has 0 bridgehead atoms. The van der Waals surface area contributed by atoms with Crippen LogP contribution in [-0.4, -0.2) is 12.6 Å². The van der Waals surface area contributed by atoms with Gasteiger partial charge in [0.25, 0.3) is 0 Å². The lowest BCUT2D eigenvalue weighted by Crippen LogP contribution is -2.32. The average Bonchev–Trinajstić information content (AvgIpc) is 2.92. The standard InChI is InChI=1S/C31H44F2O3/c1-3-5-6-21-7-9-22(10-8-21)23-11-13-24(14-12-23)25-15-17-26(18-16-25)31(34)36-28-20-19-27(35-4-2)29(32)30(28)33/h3,19-26H,1,4-18H2,2H3. The molecular weight excluding hydrogens is 458 g/mol. The smallest absolute Gasteiger partial charge is 0.314 e. The fourth-order valence-electron chi connectivity index (χ4n) is 7.27. The van der Waals surface area contributed by atoms with Gasteiger partial charge in [-0.25, -0.2) is 0 Å². The first-order chi connectivity index (χ1) is 17.5. The number of halogens is 2. The Kier molecular flexibility index (Phi) is 9.84. The Morgan fingerprint density at radius 1 is 0.833 bits per heavy atom. The molecule has 3 aliphatic rings. The first-order valence-corrected chi connectivity index (χ1v) is 14.4. The van der Waals surface area contributed by atoms with Crippen LogP contribution in [0.5, 0.6) is 11.5 Å². The molecule has 0 heterocycles. The van der Waals surface area contributed by atoms with Crippen molar-refractivity contribution in [2.75, 3.05) is 6.61 Å². The molecule has 0 N–H and O–H groups in total. The fraction of sp³-hybridized carbons (Fsp3) is 0.710. The molecule has 3 aliphatic carbocycles. The topological polar surface area (TPSA) is 35.5 Å². The van der Waals surface area contributed by atoms with Crippen molar-refractivity contribution in [1.82, 2.24) is 0 Å². The molecule has 0 radical (unpaired) electrons. The number of allylic oxidation sites excluding steroid dienone is 1. The first-order valence-electron chi connectivity index (χ1n) is 14.4. The van der Waals surface area contributed by atoms with Crippen LogP contribution < -0.4 is 9.47 Å². The Hall–Kier alpha value is -1.91. The van der Waals surface area contributed by atoms with E-state index in [0.29, 0.717) is 5.92 Å². The van der Waals surface area contributed by atoms with Gasteiger partial charge in [-0.2, -0.15) is 8.78 Å². The molecule has 0 aliphatic heterocycles. The van der Waals surface area contributed by atoms with Crippen LogP contribution in [0.15, 0.2) is 24.8 Å². The van der Waals surface area contributed by atoms with Crippen LogP contribution >= 0.6 is 0 Å². The van der Waals surface area contributed by atoms with Gasteiger partial charge in [0.05, 0.1) is 12.5 Å². The summed E-state index contributed by atoms with van der Waals surface area (Å²) in [5.41, 5.74) is 0. The predicted molar refractivity (Wildman–Crippen MR) is 139 cm³/mol. The summed E-state index contributed by atoms with van der Waals surface area (Å²) in [6.07, 6.45) is 19.2. The summed E-state index contributed by atoms with van der Waals surface area (Å²) in [6.45, 7) is 5.80. The van der Waals surface area contributed by atoms with Gasteiger partial charge < -0.3 is 9.47 Å². The molecule has 3 fully saturated rings. The van der Waals surface area contributed by atoms with Crippen LogP contribution in [0, 0.1) is 47.1 Å². The van der Waals surface area contributed by atoms with Gasteiger partial charge in [-0.3, -0.25) is 4.79 Å². The Balaban J connectivity index is 1.18. The summed E-state index contributed by atoms with van der Waals surface area (Å²) >= 11 is 0. The second kappa shape index (κ2) is 13.1. The van der Waals surface area contributed by atoms with Gasteiger partial charge >= 0.3 is 5.97 Å². The first kappa shape index (κ1) is 27.1. The number of ether oxygens (including phenoxy) is 2. The number of carbonyl (C=O) groups excluding carboxylic acids is 1. The summed E-state index contributed by atoms with van der Waals surface area (Å²) in [4.78, 5) is 12.7. The quantitative estimate of drug-likeness (QED) is 0.193. The van der Waals surface area contributed by atoms with Crippen LogP contribution in [0.4, 0.5) is 8.78 Å². The highest BCUT2D eigenvalue weighted by molar-refractivity contribution is 5.75. The van der Waals surface area contributed by atoms with Crippen molar-refractivity contribution in [3.63, 3.8) is 0 Å². The minimum atomic E-state index is -1.16. The number of benzene rings is 1. The lowest BCUT2D eigenvalue weighted by Gasteiger charge is -2.41. The molecule has 0 unspecified atom stereocenters. The van der Waals surface area contributed by atoms with Crippen molar-refractivity contribution in [3.8, 4) is 11.5 Å². The van der Waals surface area contributed by atoms with Crippen LogP contribution in [0.25, 0.3) is 0 Å². The molecule has 1 aromatic carbocycles. The molecule has 5 heteroatoms. The zero-order valence-electron chi connectivity index (χ0n) is 22.0. The van der Waals surface area contributed by atoms with Crippen molar-refractivity contribution < 1.29 is 23.0 Å². The highest BCUT2D eigenvalue weighted by atomic mass is 19.2. The summed E-state index contributed by atoms with van der Waals surface area (Å²) in [7, 11) is 0. The second-order valence-corrected chi connectivity index (χ2v) is 11.5. The maximum Gasteiger partial charge on any atom is 0.314 e. The molecule has 0 saturated heterocycles. The summed E-state index contributed by atoms with van der Waals surface area (Å²) in [6, 6.07) is 2.59. The van der Waals surface area contributed by atoms with Crippen LogP contribution in [0.1, 0.15) is 96.8 Å². The van der Waals surface area contributed by atoms with Gasteiger partial charge in [-0.1, -0.05) is 18.9 Å². The van der Waals surface area contributed by atoms with Gasteiger partial charge in [0.1, 0.15) is 0 Å². The van der Waals surface area contributed by atoms with E-state index in [1.807, 2.05) is 0 Å². The number of esters is 1. The predicted octanol–water partition coefficient (Wildman–Crippen LogP) is 8.65. The van der Waals surface area contributed by atoms with E-state index in [4.69, 9.17) is 9.47 Å². The Bertz CT molecular complexity index is 861. The third-order valence-electron chi connectivity index (χ3n) is 9.45. The number of carbonyl (C=O) groups is 1. The van der Waals surface area contributed by atoms with E-state index in [1.165, 1.54) is 69.9 Å². The highest BCUT2D eigenvalue weighted by Gasteiger charge is 2.36. The molecule has 1 aromatic rings. The lowest BCUT2D eigenvalue weighted by molar-refractivity contribution is -0.140. The SMILES string of the molecule is C=CCCC1CCC(C2CCC(C3CCC(C(=O)Oc4ccc(OCC)c(F)c4F)CC3)CC2)CC1.